The Morgan fingerprint density at radius 1 is 1.14 bits per heavy atom. The summed E-state index contributed by atoms with van der Waals surface area (Å²) in [6, 6.07) is 8.39. The maximum atomic E-state index is 13.4. The number of halogens is 4. The first-order valence-corrected chi connectivity index (χ1v) is 11.8. The summed E-state index contributed by atoms with van der Waals surface area (Å²) in [4.78, 5) is 33.8. The molecule has 0 unspecified atom stereocenters. The molecule has 3 heterocycles. The fraction of sp³-hybridized carbons (Fsp3) is 0.250. The summed E-state index contributed by atoms with van der Waals surface area (Å²) in [5.41, 5.74) is 4.80. The van der Waals surface area contributed by atoms with Gasteiger partial charge in [-0.25, -0.2) is 0 Å². The summed E-state index contributed by atoms with van der Waals surface area (Å²) < 4.78 is 45.8. The molecule has 9 nitrogen and oxygen atoms in total. The number of alkyl halides is 3. The molecule has 0 aliphatic carbocycles. The molecule has 1 saturated heterocycles. The maximum Gasteiger partial charge on any atom is 0.418 e. The molecule has 194 valence electrons. The molecule has 13 heteroatoms. The molecule has 5 N–H and O–H groups in total. The molecule has 3 aromatic rings. The number of nitrogens with two attached hydrogens (primary N) is 1. The van der Waals surface area contributed by atoms with E-state index in [1.165, 1.54) is 36.8 Å². The van der Waals surface area contributed by atoms with Gasteiger partial charge in [-0.3, -0.25) is 19.6 Å². The Kier molecular flexibility index (Phi) is 7.64. The van der Waals surface area contributed by atoms with Crippen LogP contribution < -0.4 is 21.7 Å². The van der Waals surface area contributed by atoms with Crippen molar-refractivity contribution in [3.8, 4) is 0 Å². The summed E-state index contributed by atoms with van der Waals surface area (Å²) in [5.74, 6) is -0.968. The van der Waals surface area contributed by atoms with Gasteiger partial charge >= 0.3 is 6.18 Å². The molecular weight excluding hydrogens is 557 g/mol. The number of ether oxygens (including phenoxy) is 1. The minimum atomic E-state index is -4.54. The predicted molar refractivity (Wildman–Crippen MR) is 133 cm³/mol. The third-order valence-corrected chi connectivity index (χ3v) is 6.14. The number of anilines is 3. The van der Waals surface area contributed by atoms with Gasteiger partial charge in [0.25, 0.3) is 5.91 Å². The maximum absolute atomic E-state index is 13.4. The van der Waals surface area contributed by atoms with Crippen molar-refractivity contribution >= 4 is 44.8 Å². The second kappa shape index (κ2) is 10.7. The molecular formula is C24H22BrF3N6O3. The monoisotopic (exact) mass is 578 g/mol. The summed E-state index contributed by atoms with van der Waals surface area (Å²) in [6.45, 7) is 0.311. The lowest BCUT2D eigenvalue weighted by atomic mass is 9.96. The Morgan fingerprint density at radius 2 is 1.95 bits per heavy atom. The molecule has 1 fully saturated rings. The zero-order chi connectivity index (χ0) is 26.6. The quantitative estimate of drug-likeness (QED) is 0.335. The van der Waals surface area contributed by atoms with Crippen molar-refractivity contribution in [3.63, 3.8) is 0 Å². The average Bonchev–Trinajstić information content (AvgIpc) is 3.33. The number of benzene rings is 1. The van der Waals surface area contributed by atoms with Gasteiger partial charge in [0.2, 0.25) is 5.91 Å². The number of nitrogen functional groups attached to an aromatic ring is 1. The van der Waals surface area contributed by atoms with Gasteiger partial charge in [-0.15, -0.1) is 0 Å². The summed E-state index contributed by atoms with van der Waals surface area (Å²) in [7, 11) is 0. The fourth-order valence-electron chi connectivity index (χ4n) is 3.73. The SMILES string of the molecule is Nc1cncc(C(=O)N[C@@]2(C(=O)NCc3ccc(Nc4ccc(Br)cc4C(F)(F)F)cn3)CCOC2)c1. The van der Waals surface area contributed by atoms with Crippen LogP contribution in [0.1, 0.15) is 28.0 Å². The molecule has 2 amide bonds. The van der Waals surface area contributed by atoms with Gasteiger partial charge in [-0.1, -0.05) is 15.9 Å². The van der Waals surface area contributed by atoms with Crippen LogP contribution >= 0.6 is 15.9 Å². The van der Waals surface area contributed by atoms with E-state index >= 15 is 0 Å². The number of amides is 2. The standard InChI is InChI=1S/C24H22BrF3N6O3/c25-15-1-4-20(19(8-15)24(26,27)28)33-18-3-2-17(31-12-18)11-32-22(36)23(5-6-37-13-23)34-21(35)14-7-16(29)10-30-9-14/h1-4,7-10,12,33H,5-6,11,13,29H2,(H,32,36)(H,34,35)/t23-/m0/s1. The van der Waals surface area contributed by atoms with E-state index in [1.807, 2.05) is 0 Å². The first-order chi connectivity index (χ1) is 17.6. The molecule has 1 aliphatic rings. The van der Waals surface area contributed by atoms with Gasteiger partial charge in [0.05, 0.1) is 53.2 Å². The zero-order valence-corrected chi connectivity index (χ0v) is 20.8. The van der Waals surface area contributed by atoms with Crippen LogP contribution in [-0.4, -0.2) is 40.5 Å². The molecule has 0 saturated carbocycles. The van der Waals surface area contributed by atoms with Gasteiger partial charge in [-0.2, -0.15) is 13.2 Å². The van der Waals surface area contributed by atoms with Crippen LogP contribution in [-0.2, 0) is 22.3 Å². The van der Waals surface area contributed by atoms with E-state index in [0.29, 0.717) is 21.5 Å². The third-order valence-electron chi connectivity index (χ3n) is 5.65. The van der Waals surface area contributed by atoms with Crippen molar-refractivity contribution in [1.82, 2.24) is 20.6 Å². The van der Waals surface area contributed by atoms with E-state index in [0.717, 1.165) is 6.07 Å². The van der Waals surface area contributed by atoms with E-state index in [1.54, 1.807) is 12.1 Å². The van der Waals surface area contributed by atoms with Crippen LogP contribution in [0.5, 0.6) is 0 Å². The lowest BCUT2D eigenvalue weighted by Crippen LogP contribution is -2.59. The number of nitrogens with zero attached hydrogens (tertiary/aromatic N) is 2. The Labute approximate surface area is 218 Å². The van der Waals surface area contributed by atoms with Gasteiger partial charge in [0, 0.05) is 29.9 Å². The number of nitrogens with one attached hydrogen (secondary N) is 3. The summed E-state index contributed by atoms with van der Waals surface area (Å²) >= 11 is 3.05. The minimum Gasteiger partial charge on any atom is -0.397 e. The Hall–Kier alpha value is -3.71. The number of pyridine rings is 2. The van der Waals surface area contributed by atoms with Crippen LogP contribution in [0.2, 0.25) is 0 Å². The van der Waals surface area contributed by atoms with Crippen LogP contribution in [0.25, 0.3) is 0 Å². The highest BCUT2D eigenvalue weighted by Crippen LogP contribution is 2.37. The van der Waals surface area contributed by atoms with E-state index < -0.39 is 29.1 Å². The number of carbonyl (C=O) groups is 2. The smallest absolute Gasteiger partial charge is 0.397 e. The van der Waals surface area contributed by atoms with Crippen molar-refractivity contribution in [2.75, 3.05) is 24.3 Å². The van der Waals surface area contributed by atoms with Crippen molar-refractivity contribution in [3.05, 3.63) is 76.3 Å². The third kappa shape index (κ3) is 6.35. The summed E-state index contributed by atoms with van der Waals surface area (Å²) in [5, 5.41) is 8.20. The lowest BCUT2D eigenvalue weighted by Gasteiger charge is -2.27. The first-order valence-electron chi connectivity index (χ1n) is 11.0. The second-order valence-electron chi connectivity index (χ2n) is 8.38. The average molecular weight is 579 g/mol. The molecule has 0 radical (unpaired) electrons. The topological polar surface area (TPSA) is 131 Å². The van der Waals surface area contributed by atoms with E-state index in [4.69, 9.17) is 10.5 Å². The summed E-state index contributed by atoms with van der Waals surface area (Å²) in [6.07, 6.45) is -0.154. The van der Waals surface area contributed by atoms with Gasteiger partial charge < -0.3 is 26.4 Å². The number of hydrogen-bond acceptors (Lipinski definition) is 7. The van der Waals surface area contributed by atoms with Gasteiger partial charge in [-0.05, 0) is 36.4 Å². The second-order valence-corrected chi connectivity index (χ2v) is 9.29. The van der Waals surface area contributed by atoms with Crippen LogP contribution in [0, 0.1) is 0 Å². The highest BCUT2D eigenvalue weighted by atomic mass is 79.9. The van der Waals surface area contributed by atoms with E-state index in [-0.39, 0.29) is 37.4 Å². The zero-order valence-electron chi connectivity index (χ0n) is 19.2. The largest absolute Gasteiger partial charge is 0.418 e. The Bertz CT molecular complexity index is 1300. The highest BCUT2D eigenvalue weighted by molar-refractivity contribution is 9.10. The molecule has 0 bridgehead atoms. The van der Waals surface area contributed by atoms with Gasteiger partial charge in [0.1, 0.15) is 5.54 Å². The highest BCUT2D eigenvalue weighted by Gasteiger charge is 2.43. The Morgan fingerprint density at radius 3 is 2.59 bits per heavy atom. The van der Waals surface area contributed by atoms with Crippen molar-refractivity contribution in [1.29, 1.82) is 0 Å². The molecule has 0 spiro atoms. The van der Waals surface area contributed by atoms with E-state index in [2.05, 4.69) is 41.8 Å². The van der Waals surface area contributed by atoms with E-state index in [9.17, 15) is 22.8 Å². The number of aromatic nitrogens is 2. The molecule has 1 aliphatic heterocycles. The number of rotatable bonds is 7. The van der Waals surface area contributed by atoms with Crippen molar-refractivity contribution in [2.45, 2.75) is 24.7 Å². The van der Waals surface area contributed by atoms with Crippen LogP contribution in [0.4, 0.5) is 30.2 Å². The molecule has 4 rings (SSSR count). The molecule has 1 atom stereocenters. The van der Waals surface area contributed by atoms with Crippen LogP contribution in [0.3, 0.4) is 0 Å². The predicted octanol–water partition coefficient (Wildman–Crippen LogP) is 3.79. The van der Waals surface area contributed by atoms with Crippen LogP contribution in [0.15, 0.2) is 59.5 Å². The minimum absolute atomic E-state index is 0.00860. The number of carbonyl (C=O) groups excluding carboxylic acids is 2. The fourth-order valence-corrected chi connectivity index (χ4v) is 4.09. The molecule has 2 aromatic heterocycles. The van der Waals surface area contributed by atoms with Crippen molar-refractivity contribution in [2.24, 2.45) is 0 Å². The normalized spacial score (nSPS) is 17.3. The first kappa shape index (κ1) is 26.4. The Balaban J connectivity index is 1.40. The lowest BCUT2D eigenvalue weighted by molar-refractivity contribution is -0.137. The number of hydrogen-bond donors (Lipinski definition) is 4. The molecule has 37 heavy (non-hydrogen) atoms. The molecule has 1 aromatic carbocycles. The van der Waals surface area contributed by atoms with Gasteiger partial charge in [0.15, 0.2) is 0 Å². The van der Waals surface area contributed by atoms with Crippen molar-refractivity contribution < 1.29 is 27.5 Å².